The summed E-state index contributed by atoms with van der Waals surface area (Å²) < 4.78 is 2.16. The maximum absolute atomic E-state index is 4.77. The van der Waals surface area contributed by atoms with Gasteiger partial charge in [0, 0.05) is 18.7 Å². The van der Waals surface area contributed by atoms with Gasteiger partial charge in [-0.2, -0.15) is 5.10 Å². The summed E-state index contributed by atoms with van der Waals surface area (Å²) >= 11 is 0. The van der Waals surface area contributed by atoms with Crippen molar-refractivity contribution in [1.29, 1.82) is 0 Å². The zero-order valence-corrected chi connectivity index (χ0v) is 13.3. The average molecular weight is 298 g/mol. The van der Waals surface area contributed by atoms with Crippen LogP contribution in [0.1, 0.15) is 43.8 Å². The molecule has 0 aliphatic rings. The molecule has 22 heavy (non-hydrogen) atoms. The topological polar surface area (TPSA) is 70.9 Å². The Labute approximate surface area is 130 Å². The lowest BCUT2D eigenvalue weighted by atomic mass is 10.1. The summed E-state index contributed by atoms with van der Waals surface area (Å²) in [6, 6.07) is 1.89. The van der Waals surface area contributed by atoms with Gasteiger partial charge in [-0.3, -0.25) is 9.50 Å². The van der Waals surface area contributed by atoms with Crippen LogP contribution in [0.3, 0.4) is 0 Å². The molecule has 0 spiro atoms. The van der Waals surface area contributed by atoms with Crippen LogP contribution in [0.2, 0.25) is 0 Å². The third-order valence-corrected chi connectivity index (χ3v) is 3.72. The Bertz CT molecular complexity index is 757. The largest absolute Gasteiger partial charge is 0.310 e. The minimum atomic E-state index is 0.781. The van der Waals surface area contributed by atoms with Crippen molar-refractivity contribution in [2.75, 3.05) is 5.32 Å². The normalized spacial score (nSPS) is 11.2. The first-order valence-electron chi connectivity index (χ1n) is 7.86. The van der Waals surface area contributed by atoms with Crippen molar-refractivity contribution in [3.05, 3.63) is 35.5 Å². The Hall–Kier alpha value is -2.37. The van der Waals surface area contributed by atoms with Crippen molar-refractivity contribution < 1.29 is 0 Å². The predicted octanol–water partition coefficient (Wildman–Crippen LogP) is 3.41. The Morgan fingerprint density at radius 1 is 1.23 bits per heavy atom. The first kappa shape index (κ1) is 14.6. The lowest BCUT2D eigenvalue weighted by Crippen LogP contribution is -2.07. The minimum Gasteiger partial charge on any atom is -0.310 e. The Morgan fingerprint density at radius 2 is 2.05 bits per heavy atom. The van der Waals surface area contributed by atoms with E-state index in [9.17, 15) is 0 Å². The molecule has 0 atom stereocenters. The monoisotopic (exact) mass is 298 g/mol. The first-order valence-corrected chi connectivity index (χ1v) is 7.86. The fraction of sp³-hybridized carbons (Fsp3) is 0.438. The van der Waals surface area contributed by atoms with Crippen LogP contribution in [-0.4, -0.2) is 24.6 Å². The molecule has 3 heterocycles. The van der Waals surface area contributed by atoms with Gasteiger partial charge < -0.3 is 5.32 Å². The van der Waals surface area contributed by atoms with Crippen molar-refractivity contribution in [3.63, 3.8) is 0 Å². The summed E-state index contributed by atoms with van der Waals surface area (Å²) in [5, 5.41) is 10.2. The van der Waals surface area contributed by atoms with E-state index in [0.717, 1.165) is 49.0 Å². The van der Waals surface area contributed by atoms with Crippen LogP contribution in [0.25, 0.3) is 5.52 Å². The molecule has 0 unspecified atom stereocenters. The Morgan fingerprint density at radius 3 is 2.73 bits per heavy atom. The van der Waals surface area contributed by atoms with Gasteiger partial charge in [0.1, 0.15) is 11.6 Å². The van der Waals surface area contributed by atoms with Crippen LogP contribution in [0, 0.1) is 6.92 Å². The molecule has 0 aliphatic carbocycles. The fourth-order valence-corrected chi connectivity index (χ4v) is 2.83. The second-order valence-electron chi connectivity index (χ2n) is 5.50. The molecule has 0 bridgehead atoms. The number of aromatic amines is 1. The van der Waals surface area contributed by atoms with Crippen LogP contribution in [0.15, 0.2) is 18.5 Å². The molecule has 116 valence electrons. The molecule has 3 aromatic heterocycles. The number of hydrogen-bond donors (Lipinski definition) is 2. The van der Waals surface area contributed by atoms with Gasteiger partial charge in [0.15, 0.2) is 0 Å². The van der Waals surface area contributed by atoms with Crippen LogP contribution in [0.5, 0.6) is 0 Å². The van der Waals surface area contributed by atoms with E-state index in [0.29, 0.717) is 0 Å². The van der Waals surface area contributed by atoms with E-state index in [1.54, 1.807) is 6.20 Å². The predicted molar refractivity (Wildman–Crippen MR) is 87.6 cm³/mol. The third kappa shape index (κ3) is 2.56. The zero-order valence-electron chi connectivity index (χ0n) is 13.3. The van der Waals surface area contributed by atoms with Crippen molar-refractivity contribution in [3.8, 4) is 0 Å². The molecule has 3 aromatic rings. The van der Waals surface area contributed by atoms with Gasteiger partial charge in [-0.15, -0.1) is 0 Å². The van der Waals surface area contributed by atoms with Gasteiger partial charge >= 0.3 is 0 Å². The molecule has 0 aromatic carbocycles. The summed E-state index contributed by atoms with van der Waals surface area (Å²) in [6.07, 6.45) is 7.78. The summed E-state index contributed by atoms with van der Waals surface area (Å²) in [5.74, 6) is 2.66. The molecule has 2 N–H and O–H groups in total. The average Bonchev–Trinajstić information content (AvgIpc) is 3.11. The van der Waals surface area contributed by atoms with Crippen LogP contribution < -0.4 is 5.32 Å². The second kappa shape index (κ2) is 6.17. The molecular weight excluding hydrogens is 276 g/mol. The van der Waals surface area contributed by atoms with E-state index in [4.69, 9.17) is 4.98 Å². The number of nitrogens with zero attached hydrogens (tertiary/aromatic N) is 4. The second-order valence-corrected chi connectivity index (χ2v) is 5.50. The number of aromatic nitrogens is 5. The smallest absolute Gasteiger partial charge is 0.214 e. The SMILES string of the molecule is CCCc1cnc(Nc2ccn[nH]2)n2c(CCC)nc(C)c12. The molecule has 3 rings (SSSR count). The number of rotatable bonds is 6. The van der Waals surface area contributed by atoms with E-state index in [1.165, 1.54) is 11.1 Å². The van der Waals surface area contributed by atoms with Crippen molar-refractivity contribution in [2.45, 2.75) is 46.5 Å². The van der Waals surface area contributed by atoms with Gasteiger partial charge in [0.25, 0.3) is 0 Å². The highest BCUT2D eigenvalue weighted by Gasteiger charge is 2.16. The molecule has 0 radical (unpaired) electrons. The van der Waals surface area contributed by atoms with Gasteiger partial charge in [-0.25, -0.2) is 9.97 Å². The minimum absolute atomic E-state index is 0.781. The molecule has 0 saturated carbocycles. The standard InChI is InChI=1S/C16H22N6/c1-4-6-12-10-17-16(20-13-8-9-18-21-13)22-14(7-5-2)19-11(3)15(12)22/h8-10H,4-7H2,1-3H3,(H2,17,18,20,21). The highest BCUT2D eigenvalue weighted by molar-refractivity contribution is 5.64. The van der Waals surface area contributed by atoms with E-state index in [1.807, 2.05) is 12.3 Å². The highest BCUT2D eigenvalue weighted by Crippen LogP contribution is 2.24. The lowest BCUT2D eigenvalue weighted by molar-refractivity contribution is 0.819. The maximum atomic E-state index is 4.77. The molecule has 6 nitrogen and oxygen atoms in total. The number of anilines is 2. The van der Waals surface area contributed by atoms with Gasteiger partial charge in [-0.1, -0.05) is 20.3 Å². The van der Waals surface area contributed by atoms with Gasteiger partial charge in [0.2, 0.25) is 5.95 Å². The van der Waals surface area contributed by atoms with E-state index in [-0.39, 0.29) is 0 Å². The summed E-state index contributed by atoms with van der Waals surface area (Å²) in [6.45, 7) is 6.43. The molecule has 0 amide bonds. The van der Waals surface area contributed by atoms with Gasteiger partial charge in [-0.05, 0) is 25.3 Å². The van der Waals surface area contributed by atoms with Crippen LogP contribution >= 0.6 is 0 Å². The number of fused-ring (bicyclic) bond motifs is 1. The Balaban J connectivity index is 2.17. The summed E-state index contributed by atoms with van der Waals surface area (Å²) in [7, 11) is 0. The Kier molecular flexibility index (Phi) is 4.09. The van der Waals surface area contributed by atoms with Crippen LogP contribution in [-0.2, 0) is 12.8 Å². The number of H-pyrrole nitrogens is 1. The maximum Gasteiger partial charge on any atom is 0.214 e. The number of aryl methyl sites for hydroxylation is 3. The van der Waals surface area contributed by atoms with Crippen molar-refractivity contribution in [1.82, 2.24) is 24.6 Å². The molecule has 6 heteroatoms. The third-order valence-electron chi connectivity index (χ3n) is 3.72. The summed E-state index contributed by atoms with van der Waals surface area (Å²) in [5.41, 5.74) is 3.51. The van der Waals surface area contributed by atoms with E-state index in [2.05, 4.69) is 45.7 Å². The van der Waals surface area contributed by atoms with Crippen molar-refractivity contribution in [2.24, 2.45) is 0 Å². The molecular formula is C16H22N6. The van der Waals surface area contributed by atoms with Gasteiger partial charge in [0.05, 0.1) is 17.4 Å². The van der Waals surface area contributed by atoms with Crippen LogP contribution in [0.4, 0.5) is 11.8 Å². The van der Waals surface area contributed by atoms with Crippen molar-refractivity contribution >= 4 is 17.3 Å². The van der Waals surface area contributed by atoms with E-state index < -0.39 is 0 Å². The number of nitrogens with one attached hydrogen (secondary N) is 2. The molecule has 0 aliphatic heterocycles. The summed E-state index contributed by atoms with van der Waals surface area (Å²) in [4.78, 5) is 9.39. The molecule has 0 saturated heterocycles. The first-order chi connectivity index (χ1) is 10.7. The molecule has 0 fully saturated rings. The number of imidazole rings is 1. The highest BCUT2D eigenvalue weighted by atomic mass is 15.3. The fourth-order valence-electron chi connectivity index (χ4n) is 2.83. The lowest BCUT2D eigenvalue weighted by Gasteiger charge is -2.11. The quantitative estimate of drug-likeness (QED) is 0.731. The number of hydrogen-bond acceptors (Lipinski definition) is 4. The zero-order chi connectivity index (χ0) is 15.5. The van der Waals surface area contributed by atoms with E-state index >= 15 is 0 Å².